The van der Waals surface area contributed by atoms with Gasteiger partial charge in [-0.05, 0) is 6.92 Å². The minimum Gasteiger partial charge on any atom is -0.550 e. The first-order valence-electron chi connectivity index (χ1n) is 4.78. The van der Waals surface area contributed by atoms with Gasteiger partial charge in [-0.25, -0.2) is 0 Å². The first-order valence-corrected chi connectivity index (χ1v) is 4.78. The monoisotopic (exact) mass is 193 g/mol. The molecule has 0 radical (unpaired) electrons. The first kappa shape index (κ1) is 10.7. The number of carboxylic acid groups (broad SMARTS) is 1. The van der Waals surface area contributed by atoms with Crippen molar-refractivity contribution < 1.29 is 15.2 Å². The van der Waals surface area contributed by atoms with E-state index >= 15 is 0 Å². The van der Waals surface area contributed by atoms with Crippen molar-refractivity contribution in [3.63, 3.8) is 0 Å². The van der Waals surface area contributed by atoms with Gasteiger partial charge < -0.3 is 15.2 Å². The standard InChI is InChI=1S/C11H15NO2/c1-9(12-8-7-11(13)14)10-5-3-2-4-6-10/h2-6,9,12H,7-8H2,1H3,(H,13,14)/t9-/m1/s1. The Bertz CT molecular complexity index is 285. The third-order valence-electron chi connectivity index (χ3n) is 2.19. The zero-order valence-corrected chi connectivity index (χ0v) is 8.27. The van der Waals surface area contributed by atoms with Crippen molar-refractivity contribution in [1.29, 1.82) is 0 Å². The van der Waals surface area contributed by atoms with Crippen LogP contribution in [-0.2, 0) is 4.79 Å². The lowest BCUT2D eigenvalue weighted by molar-refractivity contribution is -0.692. The summed E-state index contributed by atoms with van der Waals surface area (Å²) >= 11 is 0. The highest BCUT2D eigenvalue weighted by Gasteiger charge is 2.06. The van der Waals surface area contributed by atoms with Crippen molar-refractivity contribution >= 4 is 5.97 Å². The fourth-order valence-corrected chi connectivity index (χ4v) is 1.34. The van der Waals surface area contributed by atoms with E-state index < -0.39 is 5.97 Å². The minimum absolute atomic E-state index is 0.108. The van der Waals surface area contributed by atoms with Crippen LogP contribution in [0, 0.1) is 0 Å². The number of aliphatic carboxylic acids is 1. The molecule has 14 heavy (non-hydrogen) atoms. The summed E-state index contributed by atoms with van der Waals surface area (Å²) in [4.78, 5) is 10.2. The van der Waals surface area contributed by atoms with E-state index in [1.165, 1.54) is 5.56 Å². The highest BCUT2D eigenvalue weighted by atomic mass is 16.4. The fourth-order valence-electron chi connectivity index (χ4n) is 1.34. The predicted octanol–water partition coefficient (Wildman–Crippen LogP) is -0.549. The number of hydrogen-bond acceptors (Lipinski definition) is 2. The number of hydrogen-bond donors (Lipinski definition) is 1. The Morgan fingerprint density at radius 2 is 2.07 bits per heavy atom. The summed E-state index contributed by atoms with van der Waals surface area (Å²) in [6.45, 7) is 2.63. The van der Waals surface area contributed by atoms with Crippen LogP contribution in [0.3, 0.4) is 0 Å². The molecule has 3 heteroatoms. The van der Waals surface area contributed by atoms with E-state index in [1.54, 1.807) is 0 Å². The van der Waals surface area contributed by atoms with Crippen molar-refractivity contribution in [2.75, 3.05) is 6.54 Å². The number of benzene rings is 1. The quantitative estimate of drug-likeness (QED) is 0.682. The molecule has 0 unspecified atom stereocenters. The van der Waals surface area contributed by atoms with Gasteiger partial charge in [0.1, 0.15) is 6.04 Å². The molecule has 0 amide bonds. The van der Waals surface area contributed by atoms with Crippen LogP contribution in [0.4, 0.5) is 0 Å². The number of rotatable bonds is 5. The van der Waals surface area contributed by atoms with Gasteiger partial charge in [0.25, 0.3) is 0 Å². The van der Waals surface area contributed by atoms with Gasteiger partial charge in [0, 0.05) is 18.0 Å². The van der Waals surface area contributed by atoms with E-state index in [9.17, 15) is 9.90 Å². The van der Waals surface area contributed by atoms with Gasteiger partial charge in [0.2, 0.25) is 0 Å². The fraction of sp³-hybridized carbons (Fsp3) is 0.364. The van der Waals surface area contributed by atoms with E-state index in [0.29, 0.717) is 12.6 Å². The molecule has 1 aromatic rings. The number of carboxylic acids is 1. The van der Waals surface area contributed by atoms with Crippen molar-refractivity contribution in [2.45, 2.75) is 19.4 Å². The molecule has 2 N–H and O–H groups in total. The van der Waals surface area contributed by atoms with Gasteiger partial charge in [-0.1, -0.05) is 30.3 Å². The highest BCUT2D eigenvalue weighted by Crippen LogP contribution is 2.05. The summed E-state index contributed by atoms with van der Waals surface area (Å²) < 4.78 is 0. The Kier molecular flexibility index (Phi) is 4.13. The molecule has 0 spiro atoms. The third-order valence-corrected chi connectivity index (χ3v) is 2.19. The van der Waals surface area contributed by atoms with Crippen molar-refractivity contribution in [1.82, 2.24) is 0 Å². The van der Waals surface area contributed by atoms with Crippen LogP contribution in [0.5, 0.6) is 0 Å². The molecule has 0 saturated heterocycles. The Balaban J connectivity index is 2.36. The summed E-state index contributed by atoms with van der Waals surface area (Å²) in [5, 5.41) is 12.2. The molecule has 0 aliphatic heterocycles. The largest absolute Gasteiger partial charge is 0.550 e. The van der Waals surface area contributed by atoms with Gasteiger partial charge in [-0.15, -0.1) is 0 Å². The molecule has 0 saturated carbocycles. The predicted molar refractivity (Wildman–Crippen MR) is 51.3 cm³/mol. The van der Waals surface area contributed by atoms with E-state index in [-0.39, 0.29) is 6.42 Å². The third kappa shape index (κ3) is 3.58. The second-order valence-electron chi connectivity index (χ2n) is 3.35. The summed E-state index contributed by atoms with van der Waals surface area (Å²) in [6.07, 6.45) is 0.108. The molecule has 0 bridgehead atoms. The Morgan fingerprint density at radius 3 is 2.64 bits per heavy atom. The SMILES string of the molecule is C[C@@H]([NH2+]CCC(=O)[O-])c1ccccc1. The van der Waals surface area contributed by atoms with Crippen molar-refractivity contribution in [3.8, 4) is 0 Å². The molecule has 3 nitrogen and oxygen atoms in total. The summed E-state index contributed by atoms with van der Waals surface area (Å²) in [7, 11) is 0. The van der Waals surface area contributed by atoms with Crippen LogP contribution in [0.15, 0.2) is 30.3 Å². The molecular weight excluding hydrogens is 178 g/mol. The summed E-state index contributed by atoms with van der Waals surface area (Å²) in [6, 6.07) is 10.3. The highest BCUT2D eigenvalue weighted by molar-refractivity contribution is 5.64. The van der Waals surface area contributed by atoms with Crippen LogP contribution in [0.25, 0.3) is 0 Å². The smallest absolute Gasteiger partial charge is 0.109 e. The lowest BCUT2D eigenvalue weighted by atomic mass is 10.1. The molecule has 0 fully saturated rings. The summed E-state index contributed by atoms with van der Waals surface area (Å²) in [5.41, 5.74) is 1.21. The molecule has 1 aromatic carbocycles. The lowest BCUT2D eigenvalue weighted by Crippen LogP contribution is -2.85. The molecule has 1 rings (SSSR count). The molecule has 1 atom stereocenters. The first-order chi connectivity index (χ1) is 6.70. The van der Waals surface area contributed by atoms with E-state index in [4.69, 9.17) is 0 Å². The molecular formula is C11H15NO2. The van der Waals surface area contributed by atoms with Crippen LogP contribution in [-0.4, -0.2) is 12.5 Å². The van der Waals surface area contributed by atoms with Crippen LogP contribution in [0.1, 0.15) is 24.9 Å². The average molecular weight is 193 g/mol. The minimum atomic E-state index is -0.985. The van der Waals surface area contributed by atoms with Crippen LogP contribution in [0.2, 0.25) is 0 Å². The average Bonchev–Trinajstić information content (AvgIpc) is 2.18. The summed E-state index contributed by atoms with van der Waals surface area (Å²) in [5.74, 6) is -0.985. The molecule has 0 aromatic heterocycles. The maximum atomic E-state index is 10.2. The maximum absolute atomic E-state index is 10.2. The lowest BCUT2D eigenvalue weighted by Gasteiger charge is -2.10. The van der Waals surface area contributed by atoms with Crippen LogP contribution >= 0.6 is 0 Å². The normalized spacial score (nSPS) is 12.4. The van der Waals surface area contributed by atoms with E-state index in [2.05, 4.69) is 6.92 Å². The number of nitrogens with two attached hydrogens (primary N) is 1. The second kappa shape index (κ2) is 5.40. The van der Waals surface area contributed by atoms with Gasteiger partial charge in [-0.3, -0.25) is 0 Å². The van der Waals surface area contributed by atoms with Gasteiger partial charge in [0.15, 0.2) is 0 Å². The van der Waals surface area contributed by atoms with E-state index in [0.717, 1.165) is 0 Å². The Labute approximate surface area is 83.8 Å². The second-order valence-corrected chi connectivity index (χ2v) is 3.35. The molecule has 0 aliphatic carbocycles. The molecule has 76 valence electrons. The van der Waals surface area contributed by atoms with Crippen molar-refractivity contribution in [2.24, 2.45) is 0 Å². The Hall–Kier alpha value is -1.35. The number of quaternary nitrogens is 1. The topological polar surface area (TPSA) is 56.7 Å². The molecule has 0 heterocycles. The van der Waals surface area contributed by atoms with Crippen LogP contribution < -0.4 is 10.4 Å². The Morgan fingerprint density at radius 1 is 1.43 bits per heavy atom. The number of carbonyl (C=O) groups is 1. The van der Waals surface area contributed by atoms with Gasteiger partial charge >= 0.3 is 0 Å². The molecule has 0 aliphatic rings. The maximum Gasteiger partial charge on any atom is 0.109 e. The van der Waals surface area contributed by atoms with Gasteiger partial charge in [0.05, 0.1) is 6.54 Å². The van der Waals surface area contributed by atoms with E-state index in [1.807, 2.05) is 35.6 Å². The zero-order valence-electron chi connectivity index (χ0n) is 8.27. The van der Waals surface area contributed by atoms with Gasteiger partial charge in [-0.2, -0.15) is 0 Å². The zero-order chi connectivity index (χ0) is 10.4. The van der Waals surface area contributed by atoms with Crippen molar-refractivity contribution in [3.05, 3.63) is 35.9 Å². The number of carbonyl (C=O) groups excluding carboxylic acids is 1.